The zero-order valence-corrected chi connectivity index (χ0v) is 15.9. The van der Waals surface area contributed by atoms with E-state index in [9.17, 15) is 4.39 Å². The van der Waals surface area contributed by atoms with Crippen LogP contribution in [0.25, 0.3) is 33.5 Å². The van der Waals surface area contributed by atoms with Crippen LogP contribution in [-0.2, 0) is 6.54 Å². The zero-order chi connectivity index (χ0) is 19.1. The summed E-state index contributed by atoms with van der Waals surface area (Å²) in [6, 6.07) is 10.4. The smallest absolute Gasteiger partial charge is 0.137 e. The van der Waals surface area contributed by atoms with Gasteiger partial charge in [0, 0.05) is 34.3 Å². The van der Waals surface area contributed by atoms with Crippen molar-refractivity contribution in [3.63, 3.8) is 0 Å². The van der Waals surface area contributed by atoms with Crippen LogP contribution < -0.4 is 0 Å². The highest BCUT2D eigenvalue weighted by molar-refractivity contribution is 7.09. The standard InChI is InChI=1S/C21H16FN5S/c1-13-26-16(11-28-13)10-27-12-25-19(14-2-4-15(22)5-3-14)20(27)17-6-8-23-21-18(17)7-9-24-21/h2-9,11-12H,10H2,1H3,(H,23,24). The highest BCUT2D eigenvalue weighted by Crippen LogP contribution is 2.35. The van der Waals surface area contributed by atoms with Crippen molar-refractivity contribution in [2.24, 2.45) is 0 Å². The number of halogens is 1. The molecule has 5 nitrogen and oxygen atoms in total. The first-order valence-corrected chi connectivity index (χ1v) is 9.71. The van der Waals surface area contributed by atoms with E-state index in [1.165, 1.54) is 12.1 Å². The first-order valence-electron chi connectivity index (χ1n) is 8.83. The van der Waals surface area contributed by atoms with Crippen LogP contribution in [-0.4, -0.2) is 24.5 Å². The average Bonchev–Trinajstić information content (AvgIpc) is 3.42. The Kier molecular flexibility index (Phi) is 4.02. The van der Waals surface area contributed by atoms with Crippen molar-refractivity contribution in [3.05, 3.63) is 77.0 Å². The van der Waals surface area contributed by atoms with Crippen molar-refractivity contribution in [1.29, 1.82) is 0 Å². The minimum atomic E-state index is -0.264. The fraction of sp³-hybridized carbons (Fsp3) is 0.0952. The van der Waals surface area contributed by atoms with E-state index in [1.807, 2.05) is 31.6 Å². The number of pyridine rings is 1. The molecule has 0 fully saturated rings. The van der Waals surface area contributed by atoms with E-state index >= 15 is 0 Å². The quantitative estimate of drug-likeness (QED) is 0.468. The van der Waals surface area contributed by atoms with Gasteiger partial charge < -0.3 is 9.55 Å². The number of fused-ring (bicyclic) bond motifs is 1. The zero-order valence-electron chi connectivity index (χ0n) is 15.1. The third-order valence-electron chi connectivity index (χ3n) is 4.67. The van der Waals surface area contributed by atoms with Crippen LogP contribution in [0, 0.1) is 12.7 Å². The Morgan fingerprint density at radius 3 is 2.75 bits per heavy atom. The first-order chi connectivity index (χ1) is 13.7. The van der Waals surface area contributed by atoms with Gasteiger partial charge in [0.05, 0.1) is 35.0 Å². The molecule has 0 aliphatic heterocycles. The van der Waals surface area contributed by atoms with E-state index in [1.54, 1.807) is 29.7 Å². The predicted molar refractivity (Wildman–Crippen MR) is 109 cm³/mol. The molecule has 28 heavy (non-hydrogen) atoms. The van der Waals surface area contributed by atoms with Crippen LogP contribution in [0.5, 0.6) is 0 Å². The molecule has 5 rings (SSSR count). The van der Waals surface area contributed by atoms with Gasteiger partial charge in [-0.3, -0.25) is 0 Å². The number of aryl methyl sites for hydroxylation is 1. The van der Waals surface area contributed by atoms with Crippen molar-refractivity contribution in [3.8, 4) is 22.5 Å². The van der Waals surface area contributed by atoms with Crippen LogP contribution in [0.1, 0.15) is 10.7 Å². The van der Waals surface area contributed by atoms with Gasteiger partial charge in [0.1, 0.15) is 11.5 Å². The van der Waals surface area contributed by atoms with Crippen molar-refractivity contribution < 1.29 is 4.39 Å². The number of thiazole rings is 1. The summed E-state index contributed by atoms with van der Waals surface area (Å²) >= 11 is 1.63. The third kappa shape index (κ3) is 2.90. The Bertz CT molecular complexity index is 1270. The van der Waals surface area contributed by atoms with Crippen LogP contribution in [0.4, 0.5) is 4.39 Å². The number of benzene rings is 1. The van der Waals surface area contributed by atoms with E-state index in [-0.39, 0.29) is 5.82 Å². The van der Waals surface area contributed by atoms with Gasteiger partial charge in [-0.2, -0.15) is 0 Å². The molecule has 7 heteroatoms. The van der Waals surface area contributed by atoms with E-state index < -0.39 is 0 Å². The lowest BCUT2D eigenvalue weighted by Gasteiger charge is -2.11. The van der Waals surface area contributed by atoms with Crippen LogP contribution in [0.2, 0.25) is 0 Å². The van der Waals surface area contributed by atoms with E-state index in [4.69, 9.17) is 0 Å². The normalized spacial score (nSPS) is 11.4. The van der Waals surface area contributed by atoms with Gasteiger partial charge in [-0.25, -0.2) is 19.3 Å². The molecule has 0 aliphatic carbocycles. The molecule has 0 spiro atoms. The molecule has 0 aliphatic rings. The molecule has 1 aromatic carbocycles. The molecule has 0 atom stereocenters. The Morgan fingerprint density at radius 2 is 1.96 bits per heavy atom. The van der Waals surface area contributed by atoms with E-state index in [0.717, 1.165) is 44.2 Å². The lowest BCUT2D eigenvalue weighted by atomic mass is 10.0. The van der Waals surface area contributed by atoms with Gasteiger partial charge in [-0.1, -0.05) is 0 Å². The molecule has 0 unspecified atom stereocenters. The second kappa shape index (κ2) is 6.69. The molecule has 1 N–H and O–H groups in total. The molecule has 5 aromatic rings. The predicted octanol–water partition coefficient (Wildman–Crippen LogP) is 5.05. The van der Waals surface area contributed by atoms with Crippen molar-refractivity contribution in [2.45, 2.75) is 13.5 Å². The fourth-order valence-corrected chi connectivity index (χ4v) is 4.03. The van der Waals surface area contributed by atoms with Crippen LogP contribution in [0.15, 0.2) is 60.5 Å². The van der Waals surface area contributed by atoms with Crippen LogP contribution >= 0.6 is 11.3 Å². The second-order valence-corrected chi connectivity index (χ2v) is 7.60. The largest absolute Gasteiger partial charge is 0.346 e. The molecule has 0 saturated carbocycles. The minimum absolute atomic E-state index is 0.264. The van der Waals surface area contributed by atoms with Gasteiger partial charge >= 0.3 is 0 Å². The number of aromatic nitrogens is 5. The molecule has 0 bridgehead atoms. The first kappa shape index (κ1) is 16.8. The van der Waals surface area contributed by atoms with Gasteiger partial charge in [0.2, 0.25) is 0 Å². The number of nitrogens with zero attached hydrogens (tertiary/aromatic N) is 4. The van der Waals surface area contributed by atoms with Gasteiger partial charge in [-0.05, 0) is 43.3 Å². The summed E-state index contributed by atoms with van der Waals surface area (Å²) in [5, 5.41) is 4.11. The van der Waals surface area contributed by atoms with Crippen molar-refractivity contribution in [2.75, 3.05) is 0 Å². The van der Waals surface area contributed by atoms with Crippen molar-refractivity contribution >= 4 is 22.4 Å². The summed E-state index contributed by atoms with van der Waals surface area (Å²) in [5.74, 6) is -0.264. The molecule has 138 valence electrons. The SMILES string of the molecule is Cc1nc(Cn2cnc(-c3ccc(F)cc3)c2-c2ccnc3[nH]ccc23)cs1. The lowest BCUT2D eigenvalue weighted by molar-refractivity contribution is 0.628. The maximum Gasteiger partial charge on any atom is 0.137 e. The summed E-state index contributed by atoms with van der Waals surface area (Å²) in [4.78, 5) is 16.8. The molecule has 4 heterocycles. The number of H-pyrrole nitrogens is 1. The maximum absolute atomic E-state index is 13.4. The second-order valence-electron chi connectivity index (χ2n) is 6.53. The molecular weight excluding hydrogens is 373 g/mol. The molecular formula is C21H16FN5S. The summed E-state index contributed by atoms with van der Waals surface area (Å²) in [5.41, 5.74) is 5.47. The van der Waals surface area contributed by atoms with Gasteiger partial charge in [0.15, 0.2) is 0 Å². The number of rotatable bonds is 4. The summed E-state index contributed by atoms with van der Waals surface area (Å²) < 4.78 is 15.5. The third-order valence-corrected chi connectivity index (χ3v) is 5.49. The molecule has 4 aromatic heterocycles. The number of imidazole rings is 1. The average molecular weight is 389 g/mol. The summed E-state index contributed by atoms with van der Waals surface area (Å²) in [7, 11) is 0. The van der Waals surface area contributed by atoms with Crippen LogP contribution in [0.3, 0.4) is 0 Å². The minimum Gasteiger partial charge on any atom is -0.346 e. The van der Waals surface area contributed by atoms with Crippen molar-refractivity contribution in [1.82, 2.24) is 24.5 Å². The number of hydrogen-bond donors (Lipinski definition) is 1. The summed E-state index contributed by atoms with van der Waals surface area (Å²) in [6.07, 6.45) is 5.48. The van der Waals surface area contributed by atoms with Gasteiger partial charge in [-0.15, -0.1) is 11.3 Å². The monoisotopic (exact) mass is 389 g/mol. The topological polar surface area (TPSA) is 59.4 Å². The van der Waals surface area contributed by atoms with E-state index in [0.29, 0.717) is 6.54 Å². The lowest BCUT2D eigenvalue weighted by Crippen LogP contribution is -2.02. The molecule has 0 radical (unpaired) electrons. The number of aromatic amines is 1. The highest BCUT2D eigenvalue weighted by Gasteiger charge is 2.18. The Morgan fingerprint density at radius 1 is 1.11 bits per heavy atom. The highest BCUT2D eigenvalue weighted by atomic mass is 32.1. The van der Waals surface area contributed by atoms with Gasteiger partial charge in [0.25, 0.3) is 0 Å². The molecule has 0 amide bonds. The Labute approximate surface area is 164 Å². The Hall–Kier alpha value is -3.32. The molecule has 0 saturated heterocycles. The number of nitrogens with one attached hydrogen (secondary N) is 1. The summed E-state index contributed by atoms with van der Waals surface area (Å²) in [6.45, 7) is 2.61. The maximum atomic E-state index is 13.4. The Balaban J connectivity index is 1.72. The van der Waals surface area contributed by atoms with E-state index in [2.05, 4.69) is 29.9 Å². The fourth-order valence-electron chi connectivity index (χ4n) is 3.43. The number of hydrogen-bond acceptors (Lipinski definition) is 4.